The Morgan fingerprint density at radius 1 is 0.938 bits per heavy atom. The number of hydrogen-bond acceptors (Lipinski definition) is 5. The van der Waals surface area contributed by atoms with Crippen LogP contribution in [0.4, 0.5) is 21.9 Å². The summed E-state index contributed by atoms with van der Waals surface area (Å²) in [4.78, 5) is 26.9. The molecule has 4 rings (SSSR count). The van der Waals surface area contributed by atoms with Gasteiger partial charge in [0.25, 0.3) is 5.69 Å². The number of carbonyl (C=O) groups excluding carboxylic acids is 1. The molecular weight excluding hydrogens is 408 g/mol. The Kier molecular flexibility index (Phi) is 6.21. The second-order valence-electron chi connectivity index (χ2n) is 7.62. The van der Waals surface area contributed by atoms with Gasteiger partial charge in [-0.2, -0.15) is 0 Å². The minimum Gasteiger partial charge on any atom is -0.457 e. The predicted molar refractivity (Wildman–Crippen MR) is 124 cm³/mol. The van der Waals surface area contributed by atoms with Crippen LogP contribution in [-0.2, 0) is 0 Å². The van der Waals surface area contributed by atoms with Crippen molar-refractivity contribution in [1.29, 1.82) is 0 Å². The summed E-state index contributed by atoms with van der Waals surface area (Å²) in [6.45, 7) is 4.47. The van der Waals surface area contributed by atoms with Gasteiger partial charge in [-0.25, -0.2) is 4.79 Å². The Bertz CT molecular complexity index is 1090. The number of hydrogen-bond donors (Lipinski definition) is 1. The first-order chi connectivity index (χ1) is 15.5. The van der Waals surface area contributed by atoms with Crippen LogP contribution in [0, 0.1) is 17.0 Å². The van der Waals surface area contributed by atoms with E-state index in [4.69, 9.17) is 4.74 Å². The van der Waals surface area contributed by atoms with Gasteiger partial charge in [-0.3, -0.25) is 10.1 Å². The van der Waals surface area contributed by atoms with Crippen LogP contribution in [0.2, 0.25) is 0 Å². The third-order valence-corrected chi connectivity index (χ3v) is 5.32. The Labute approximate surface area is 186 Å². The number of nitro groups is 1. The maximum Gasteiger partial charge on any atom is 0.321 e. The Balaban J connectivity index is 1.28. The summed E-state index contributed by atoms with van der Waals surface area (Å²) < 4.78 is 5.84. The van der Waals surface area contributed by atoms with Crippen LogP contribution in [0.1, 0.15) is 5.56 Å². The van der Waals surface area contributed by atoms with E-state index in [1.165, 1.54) is 12.1 Å². The van der Waals surface area contributed by atoms with Crippen LogP contribution in [-0.4, -0.2) is 42.0 Å². The van der Waals surface area contributed by atoms with E-state index in [1.807, 2.05) is 55.5 Å². The van der Waals surface area contributed by atoms with Crippen LogP contribution in [0.25, 0.3) is 0 Å². The SMILES string of the molecule is Cc1cccc(Oc2ccc(NC(=O)N3CCN(c4ccc([N+](=O)[O-])cc4)CC3)cc2)c1. The number of nitrogens with one attached hydrogen (secondary N) is 1. The minimum atomic E-state index is -0.409. The van der Waals surface area contributed by atoms with E-state index in [0.29, 0.717) is 37.6 Å². The van der Waals surface area contributed by atoms with E-state index in [9.17, 15) is 14.9 Å². The van der Waals surface area contributed by atoms with E-state index >= 15 is 0 Å². The molecule has 1 fully saturated rings. The molecule has 32 heavy (non-hydrogen) atoms. The van der Waals surface area contributed by atoms with Crippen LogP contribution in [0.3, 0.4) is 0 Å². The van der Waals surface area contributed by atoms with Gasteiger partial charge in [0.15, 0.2) is 0 Å². The molecular formula is C24H24N4O4. The zero-order valence-electron chi connectivity index (χ0n) is 17.7. The predicted octanol–water partition coefficient (Wildman–Crippen LogP) is 5.05. The average Bonchev–Trinajstić information content (AvgIpc) is 2.80. The summed E-state index contributed by atoms with van der Waals surface area (Å²) in [7, 11) is 0. The van der Waals surface area contributed by atoms with Gasteiger partial charge in [0.05, 0.1) is 4.92 Å². The van der Waals surface area contributed by atoms with E-state index in [0.717, 1.165) is 17.0 Å². The van der Waals surface area contributed by atoms with Gasteiger partial charge in [-0.1, -0.05) is 12.1 Å². The van der Waals surface area contributed by atoms with Crippen molar-refractivity contribution in [2.45, 2.75) is 6.92 Å². The number of nitro benzene ring substituents is 1. The van der Waals surface area contributed by atoms with Crippen LogP contribution >= 0.6 is 0 Å². The fraction of sp³-hybridized carbons (Fsp3) is 0.208. The molecule has 1 heterocycles. The highest BCUT2D eigenvalue weighted by Crippen LogP contribution is 2.24. The van der Waals surface area contributed by atoms with Gasteiger partial charge in [0.1, 0.15) is 11.5 Å². The average molecular weight is 432 g/mol. The molecule has 0 aliphatic carbocycles. The molecule has 0 bridgehead atoms. The van der Waals surface area contributed by atoms with E-state index in [2.05, 4.69) is 10.2 Å². The first-order valence-electron chi connectivity index (χ1n) is 10.4. The van der Waals surface area contributed by atoms with Gasteiger partial charge < -0.3 is 19.9 Å². The zero-order valence-corrected chi connectivity index (χ0v) is 17.7. The number of non-ortho nitro benzene ring substituents is 1. The number of carbonyl (C=O) groups is 1. The second-order valence-corrected chi connectivity index (χ2v) is 7.62. The van der Waals surface area contributed by atoms with Crippen molar-refractivity contribution in [3.63, 3.8) is 0 Å². The van der Waals surface area contributed by atoms with Crippen molar-refractivity contribution < 1.29 is 14.5 Å². The van der Waals surface area contributed by atoms with Gasteiger partial charge in [-0.05, 0) is 61.0 Å². The topological polar surface area (TPSA) is 88.0 Å². The molecule has 3 aromatic rings. The van der Waals surface area contributed by atoms with Gasteiger partial charge >= 0.3 is 6.03 Å². The van der Waals surface area contributed by atoms with Crippen molar-refractivity contribution in [2.75, 3.05) is 36.4 Å². The first-order valence-corrected chi connectivity index (χ1v) is 10.4. The molecule has 8 nitrogen and oxygen atoms in total. The molecule has 164 valence electrons. The fourth-order valence-corrected chi connectivity index (χ4v) is 3.58. The monoisotopic (exact) mass is 432 g/mol. The van der Waals surface area contributed by atoms with Crippen molar-refractivity contribution in [1.82, 2.24) is 4.90 Å². The smallest absolute Gasteiger partial charge is 0.321 e. The molecule has 0 unspecified atom stereocenters. The Morgan fingerprint density at radius 3 is 2.25 bits per heavy atom. The molecule has 1 aliphatic heterocycles. The molecule has 8 heteroatoms. The number of amides is 2. The fourth-order valence-electron chi connectivity index (χ4n) is 3.58. The van der Waals surface area contributed by atoms with E-state index in [-0.39, 0.29) is 11.7 Å². The Hall–Kier alpha value is -4.07. The largest absolute Gasteiger partial charge is 0.457 e. The number of anilines is 2. The van der Waals surface area contributed by atoms with Crippen molar-refractivity contribution in [3.05, 3.63) is 88.5 Å². The third-order valence-electron chi connectivity index (χ3n) is 5.32. The lowest BCUT2D eigenvalue weighted by Gasteiger charge is -2.36. The second kappa shape index (κ2) is 9.38. The van der Waals surface area contributed by atoms with Gasteiger partial charge in [0.2, 0.25) is 0 Å². The molecule has 0 saturated carbocycles. The highest BCUT2D eigenvalue weighted by Gasteiger charge is 2.21. The lowest BCUT2D eigenvalue weighted by Crippen LogP contribution is -2.50. The molecule has 0 spiro atoms. The van der Waals surface area contributed by atoms with E-state index < -0.39 is 4.92 Å². The van der Waals surface area contributed by atoms with Crippen LogP contribution in [0.15, 0.2) is 72.8 Å². The maximum atomic E-state index is 12.6. The van der Waals surface area contributed by atoms with Gasteiger partial charge in [-0.15, -0.1) is 0 Å². The number of urea groups is 1. The third kappa shape index (κ3) is 5.15. The molecule has 2 amide bonds. The highest BCUT2D eigenvalue weighted by atomic mass is 16.6. The van der Waals surface area contributed by atoms with Crippen LogP contribution < -0.4 is 15.0 Å². The molecule has 1 saturated heterocycles. The molecule has 3 aromatic carbocycles. The van der Waals surface area contributed by atoms with E-state index in [1.54, 1.807) is 17.0 Å². The first kappa shape index (κ1) is 21.2. The number of rotatable bonds is 5. The molecule has 0 radical (unpaired) electrons. The quantitative estimate of drug-likeness (QED) is 0.450. The molecule has 1 N–H and O–H groups in total. The maximum absolute atomic E-state index is 12.6. The van der Waals surface area contributed by atoms with Crippen molar-refractivity contribution >= 4 is 23.1 Å². The van der Waals surface area contributed by atoms with Crippen LogP contribution in [0.5, 0.6) is 11.5 Å². The Morgan fingerprint density at radius 2 is 1.62 bits per heavy atom. The summed E-state index contributed by atoms with van der Waals surface area (Å²) in [5.41, 5.74) is 2.81. The normalized spacial score (nSPS) is 13.5. The standard InChI is InChI=1S/C24H24N4O4/c1-18-3-2-4-23(17-18)32-22-11-5-19(6-12-22)25-24(29)27-15-13-26(14-16-27)20-7-9-21(10-8-20)28(30)31/h2-12,17H,13-16H2,1H3,(H,25,29). The molecule has 1 aliphatic rings. The van der Waals surface area contributed by atoms with Crippen molar-refractivity contribution in [2.24, 2.45) is 0 Å². The summed E-state index contributed by atoms with van der Waals surface area (Å²) in [6.07, 6.45) is 0. The summed E-state index contributed by atoms with van der Waals surface area (Å²) >= 11 is 0. The van der Waals surface area contributed by atoms with Gasteiger partial charge in [0, 0.05) is 49.7 Å². The number of benzene rings is 3. The highest BCUT2D eigenvalue weighted by molar-refractivity contribution is 5.89. The number of piperazine rings is 1. The molecule has 0 aromatic heterocycles. The summed E-state index contributed by atoms with van der Waals surface area (Å²) in [5.74, 6) is 1.47. The number of nitrogens with zero attached hydrogens (tertiary/aromatic N) is 3. The molecule has 0 atom stereocenters. The zero-order chi connectivity index (χ0) is 22.5. The summed E-state index contributed by atoms with van der Waals surface area (Å²) in [5, 5.41) is 13.7. The minimum absolute atomic E-state index is 0.0714. The number of aryl methyl sites for hydroxylation is 1. The number of ether oxygens (including phenoxy) is 1. The van der Waals surface area contributed by atoms with Crippen molar-refractivity contribution in [3.8, 4) is 11.5 Å². The lowest BCUT2D eigenvalue weighted by atomic mass is 10.2. The lowest BCUT2D eigenvalue weighted by molar-refractivity contribution is -0.384. The summed E-state index contributed by atoms with van der Waals surface area (Å²) in [6, 6.07) is 21.4.